The summed E-state index contributed by atoms with van der Waals surface area (Å²) in [6, 6.07) is 4.24. The molecular formula is C21H31N3O6. The lowest BCUT2D eigenvalue weighted by atomic mass is 10.1. The number of benzene rings is 1. The molecule has 0 unspecified atom stereocenters. The summed E-state index contributed by atoms with van der Waals surface area (Å²) >= 11 is 0. The van der Waals surface area contributed by atoms with Gasteiger partial charge in [0.2, 0.25) is 0 Å². The fourth-order valence-electron chi connectivity index (χ4n) is 3.33. The number of anilines is 1. The quantitative estimate of drug-likeness (QED) is 0.343. The number of ether oxygens (including phenoxy) is 2. The average molecular weight is 421 g/mol. The molecule has 9 heteroatoms. The summed E-state index contributed by atoms with van der Waals surface area (Å²) in [7, 11) is 0. The molecule has 1 heterocycles. The molecule has 1 aromatic rings. The number of nitro benzene ring substituents is 1. The summed E-state index contributed by atoms with van der Waals surface area (Å²) in [6.45, 7) is 10.9. The average Bonchev–Trinajstić information content (AvgIpc) is 2.70. The summed E-state index contributed by atoms with van der Waals surface area (Å²) in [4.78, 5) is 39.5. The van der Waals surface area contributed by atoms with E-state index < -0.39 is 17.5 Å². The van der Waals surface area contributed by atoms with Gasteiger partial charge in [0, 0.05) is 32.2 Å². The minimum Gasteiger partial charge on any atom is -0.452 e. The summed E-state index contributed by atoms with van der Waals surface area (Å²) in [5.41, 5.74) is 0.320. The maximum atomic E-state index is 12.5. The summed E-state index contributed by atoms with van der Waals surface area (Å²) in [5.74, 6) is -0.447. The van der Waals surface area contributed by atoms with Crippen LogP contribution in [-0.4, -0.2) is 67.7 Å². The molecule has 30 heavy (non-hydrogen) atoms. The van der Waals surface area contributed by atoms with Gasteiger partial charge in [-0.25, -0.2) is 4.79 Å². The Hall–Kier alpha value is -2.68. The molecule has 1 aliphatic heterocycles. The van der Waals surface area contributed by atoms with Crippen molar-refractivity contribution in [2.45, 2.75) is 27.7 Å². The van der Waals surface area contributed by atoms with Gasteiger partial charge in [0.15, 0.2) is 6.61 Å². The van der Waals surface area contributed by atoms with E-state index in [1.165, 1.54) is 12.1 Å². The first kappa shape index (κ1) is 23.6. The Kier molecular flexibility index (Phi) is 8.58. The third-order valence-electron chi connectivity index (χ3n) is 4.61. The maximum Gasteiger partial charge on any atom is 0.338 e. The van der Waals surface area contributed by atoms with E-state index in [0.717, 1.165) is 0 Å². The second kappa shape index (κ2) is 10.9. The van der Waals surface area contributed by atoms with Gasteiger partial charge in [0.05, 0.1) is 23.7 Å². The molecule has 0 bridgehead atoms. The van der Waals surface area contributed by atoms with Crippen molar-refractivity contribution in [2.24, 2.45) is 11.8 Å². The number of morpholine rings is 1. The molecule has 0 spiro atoms. The van der Waals surface area contributed by atoms with Crippen LogP contribution in [-0.2, 0) is 14.3 Å². The van der Waals surface area contributed by atoms with Crippen molar-refractivity contribution >= 4 is 23.3 Å². The number of nitro groups is 1. The Morgan fingerprint density at radius 1 is 1.17 bits per heavy atom. The lowest BCUT2D eigenvalue weighted by molar-refractivity contribution is -0.384. The molecule has 9 nitrogen and oxygen atoms in total. The number of amides is 1. The van der Waals surface area contributed by atoms with Gasteiger partial charge in [0.1, 0.15) is 5.69 Å². The van der Waals surface area contributed by atoms with Crippen molar-refractivity contribution in [3.63, 3.8) is 0 Å². The first-order chi connectivity index (χ1) is 14.2. The Morgan fingerprint density at radius 3 is 2.30 bits per heavy atom. The first-order valence-corrected chi connectivity index (χ1v) is 10.2. The van der Waals surface area contributed by atoms with Gasteiger partial charge in [-0.1, -0.05) is 27.7 Å². The fraction of sp³-hybridized carbons (Fsp3) is 0.619. The molecule has 0 aliphatic carbocycles. The van der Waals surface area contributed by atoms with Gasteiger partial charge in [-0.2, -0.15) is 0 Å². The summed E-state index contributed by atoms with van der Waals surface area (Å²) in [6.07, 6.45) is 0. The number of carbonyl (C=O) groups is 2. The number of carbonyl (C=O) groups excluding carboxylic acids is 2. The van der Waals surface area contributed by atoms with E-state index in [1.807, 2.05) is 32.6 Å². The second-order valence-corrected chi connectivity index (χ2v) is 8.22. The highest BCUT2D eigenvalue weighted by molar-refractivity contribution is 5.93. The molecule has 1 saturated heterocycles. The van der Waals surface area contributed by atoms with E-state index in [4.69, 9.17) is 9.47 Å². The van der Waals surface area contributed by atoms with Crippen LogP contribution in [0.25, 0.3) is 0 Å². The van der Waals surface area contributed by atoms with E-state index in [2.05, 4.69) is 0 Å². The normalized spacial score (nSPS) is 14.1. The van der Waals surface area contributed by atoms with Crippen molar-refractivity contribution in [3.8, 4) is 0 Å². The van der Waals surface area contributed by atoms with Gasteiger partial charge < -0.3 is 19.3 Å². The largest absolute Gasteiger partial charge is 0.452 e. The molecule has 166 valence electrons. The smallest absolute Gasteiger partial charge is 0.338 e. The highest BCUT2D eigenvalue weighted by Gasteiger charge is 2.24. The Morgan fingerprint density at radius 2 is 1.77 bits per heavy atom. The molecule has 0 saturated carbocycles. The maximum absolute atomic E-state index is 12.5. The number of rotatable bonds is 9. The lowest BCUT2D eigenvalue weighted by Gasteiger charge is -2.28. The van der Waals surface area contributed by atoms with E-state index in [-0.39, 0.29) is 17.2 Å². The minimum atomic E-state index is -0.756. The molecule has 0 atom stereocenters. The molecule has 1 amide bonds. The SMILES string of the molecule is CC(C)CN(CC(C)C)C(=O)COC(=O)c1ccc(N2CCOCC2)c([N+](=O)[O-])c1. The van der Waals surface area contributed by atoms with Crippen LogP contribution in [0.15, 0.2) is 18.2 Å². The van der Waals surface area contributed by atoms with E-state index in [1.54, 1.807) is 11.0 Å². The van der Waals surface area contributed by atoms with Crippen LogP contribution in [0.2, 0.25) is 0 Å². The molecular weight excluding hydrogens is 390 g/mol. The second-order valence-electron chi connectivity index (χ2n) is 8.22. The van der Waals surface area contributed by atoms with Crippen molar-refractivity contribution in [3.05, 3.63) is 33.9 Å². The topological polar surface area (TPSA) is 102 Å². The highest BCUT2D eigenvalue weighted by Crippen LogP contribution is 2.30. The van der Waals surface area contributed by atoms with Crippen LogP contribution < -0.4 is 4.90 Å². The molecule has 0 radical (unpaired) electrons. The predicted octanol–water partition coefficient (Wildman–Crippen LogP) is 2.73. The summed E-state index contributed by atoms with van der Waals surface area (Å²) in [5, 5.41) is 11.5. The molecule has 0 N–H and O–H groups in total. The van der Waals surface area contributed by atoms with Crippen LogP contribution in [0.4, 0.5) is 11.4 Å². The van der Waals surface area contributed by atoms with Gasteiger partial charge in [-0.15, -0.1) is 0 Å². The van der Waals surface area contributed by atoms with Gasteiger partial charge in [0.25, 0.3) is 11.6 Å². The number of esters is 1. The van der Waals surface area contributed by atoms with Crippen LogP contribution >= 0.6 is 0 Å². The zero-order chi connectivity index (χ0) is 22.3. The third kappa shape index (κ3) is 6.69. The Balaban J connectivity index is 2.07. The highest BCUT2D eigenvalue weighted by atomic mass is 16.6. The molecule has 2 rings (SSSR count). The van der Waals surface area contributed by atoms with Crippen molar-refractivity contribution in [1.82, 2.24) is 4.90 Å². The molecule has 1 aliphatic rings. The Bertz CT molecular complexity index is 749. The van der Waals surface area contributed by atoms with Gasteiger partial charge >= 0.3 is 5.97 Å². The Labute approximate surface area is 177 Å². The zero-order valence-corrected chi connectivity index (χ0v) is 18.1. The number of hydrogen-bond acceptors (Lipinski definition) is 7. The lowest BCUT2D eigenvalue weighted by Crippen LogP contribution is -2.39. The van der Waals surface area contributed by atoms with Crippen molar-refractivity contribution < 1.29 is 24.0 Å². The van der Waals surface area contributed by atoms with Crippen LogP contribution in [0.3, 0.4) is 0 Å². The molecule has 0 aromatic heterocycles. The van der Waals surface area contributed by atoms with Crippen molar-refractivity contribution in [2.75, 3.05) is 50.9 Å². The van der Waals surface area contributed by atoms with Crippen LogP contribution in [0.5, 0.6) is 0 Å². The number of nitrogens with zero attached hydrogens (tertiary/aromatic N) is 3. The third-order valence-corrected chi connectivity index (χ3v) is 4.61. The van der Waals surface area contributed by atoms with E-state index >= 15 is 0 Å². The first-order valence-electron chi connectivity index (χ1n) is 10.2. The molecule has 1 fully saturated rings. The van der Waals surface area contributed by atoms with Crippen LogP contribution in [0.1, 0.15) is 38.1 Å². The van der Waals surface area contributed by atoms with Crippen molar-refractivity contribution in [1.29, 1.82) is 0 Å². The minimum absolute atomic E-state index is 0.0470. The van der Waals surface area contributed by atoms with Crippen LogP contribution in [0, 0.1) is 22.0 Å². The summed E-state index contributed by atoms with van der Waals surface area (Å²) < 4.78 is 10.5. The van der Waals surface area contributed by atoms with Gasteiger partial charge in [-0.3, -0.25) is 14.9 Å². The molecule has 1 aromatic carbocycles. The predicted molar refractivity (Wildman–Crippen MR) is 113 cm³/mol. The fourth-order valence-corrected chi connectivity index (χ4v) is 3.33. The standard InChI is InChI=1S/C21H31N3O6/c1-15(2)12-23(13-16(3)4)20(25)14-30-21(26)17-5-6-18(19(11-17)24(27)28)22-7-9-29-10-8-22/h5-6,11,15-16H,7-10,12-14H2,1-4H3. The zero-order valence-electron chi connectivity index (χ0n) is 18.1. The number of hydrogen-bond donors (Lipinski definition) is 0. The van der Waals surface area contributed by atoms with Gasteiger partial charge in [-0.05, 0) is 24.0 Å². The van der Waals surface area contributed by atoms with E-state index in [0.29, 0.717) is 56.9 Å². The van der Waals surface area contributed by atoms with E-state index in [9.17, 15) is 19.7 Å². The monoisotopic (exact) mass is 421 g/mol.